The number of aldehydes is 2. The quantitative estimate of drug-likeness (QED) is 0.141. The van der Waals surface area contributed by atoms with Crippen LogP contribution >= 0.6 is 0 Å². The molecule has 0 heterocycles. The van der Waals surface area contributed by atoms with Gasteiger partial charge in [0.05, 0.1) is 6.04 Å². The Morgan fingerprint density at radius 1 is 0.892 bits per heavy atom. The lowest BCUT2D eigenvalue weighted by molar-refractivity contribution is -0.137. The molecule has 3 amide bonds. The van der Waals surface area contributed by atoms with Gasteiger partial charge in [-0.3, -0.25) is 19.2 Å². The molecule has 0 fully saturated rings. The van der Waals surface area contributed by atoms with E-state index in [2.05, 4.69) is 11.9 Å². The number of ketones is 1. The van der Waals surface area contributed by atoms with Crippen molar-refractivity contribution in [1.29, 1.82) is 0 Å². The predicted molar refractivity (Wildman–Crippen MR) is 144 cm³/mol. The Balaban J connectivity index is 4.28. The van der Waals surface area contributed by atoms with E-state index in [1.54, 1.807) is 32.7 Å². The van der Waals surface area contributed by atoms with Gasteiger partial charge in [0.25, 0.3) is 0 Å². The van der Waals surface area contributed by atoms with Gasteiger partial charge < -0.3 is 24.7 Å². The summed E-state index contributed by atoms with van der Waals surface area (Å²) >= 11 is 0. The normalized spacial score (nSPS) is 13.1. The monoisotopic (exact) mass is 521 g/mol. The number of nitrogens with zero attached hydrogens (tertiary/aromatic N) is 2. The predicted octanol–water partition coefficient (Wildman–Crippen LogP) is 3.10. The molecule has 0 aliphatic carbocycles. The molecule has 0 bridgehead atoms. The van der Waals surface area contributed by atoms with Gasteiger partial charge in [0.1, 0.15) is 18.4 Å². The first-order valence-electron chi connectivity index (χ1n) is 13.4. The van der Waals surface area contributed by atoms with Crippen LogP contribution in [0.25, 0.3) is 0 Å². The third kappa shape index (κ3) is 15.1. The van der Waals surface area contributed by atoms with E-state index < -0.39 is 12.0 Å². The fourth-order valence-electron chi connectivity index (χ4n) is 3.71. The van der Waals surface area contributed by atoms with Gasteiger partial charge in [-0.15, -0.1) is 0 Å². The van der Waals surface area contributed by atoms with E-state index in [1.165, 1.54) is 4.90 Å². The third-order valence-electron chi connectivity index (χ3n) is 6.30. The van der Waals surface area contributed by atoms with Crippen molar-refractivity contribution in [1.82, 2.24) is 15.1 Å². The van der Waals surface area contributed by atoms with Gasteiger partial charge in [0.15, 0.2) is 0 Å². The number of unbranched alkanes of at least 4 members (excludes halogenated alkanes) is 2. The molecule has 9 nitrogen and oxygen atoms in total. The van der Waals surface area contributed by atoms with Crippen molar-refractivity contribution in [3.63, 3.8) is 0 Å². The van der Waals surface area contributed by atoms with Crippen molar-refractivity contribution in [2.45, 2.75) is 91.5 Å². The summed E-state index contributed by atoms with van der Waals surface area (Å²) in [6.07, 6.45) is 5.98. The lowest BCUT2D eigenvalue weighted by atomic mass is 10.0. The maximum Gasteiger partial charge on any atom is 0.223 e. The van der Waals surface area contributed by atoms with Crippen LogP contribution in [0.15, 0.2) is 12.2 Å². The van der Waals surface area contributed by atoms with E-state index in [9.17, 15) is 28.8 Å². The molecule has 0 aromatic rings. The molecule has 0 radical (unpaired) electrons. The summed E-state index contributed by atoms with van der Waals surface area (Å²) in [5.41, 5.74) is 0.872. The van der Waals surface area contributed by atoms with Crippen LogP contribution in [0.2, 0.25) is 0 Å². The average molecular weight is 522 g/mol. The zero-order valence-corrected chi connectivity index (χ0v) is 23.4. The van der Waals surface area contributed by atoms with E-state index in [-0.39, 0.29) is 55.2 Å². The molecule has 0 rings (SSSR count). The van der Waals surface area contributed by atoms with Gasteiger partial charge in [-0.05, 0) is 26.2 Å². The zero-order valence-electron chi connectivity index (χ0n) is 23.4. The molecule has 1 N–H and O–H groups in total. The number of hydrogen-bond acceptors (Lipinski definition) is 6. The highest BCUT2D eigenvalue weighted by Gasteiger charge is 2.22. The van der Waals surface area contributed by atoms with Crippen LogP contribution in [0.3, 0.4) is 0 Å². The summed E-state index contributed by atoms with van der Waals surface area (Å²) < 4.78 is 0. The highest BCUT2D eigenvalue weighted by atomic mass is 16.2. The summed E-state index contributed by atoms with van der Waals surface area (Å²) in [6, 6.07) is -0.583. The molecule has 0 aliphatic heterocycles. The summed E-state index contributed by atoms with van der Waals surface area (Å²) in [7, 11) is 1.71. The first-order chi connectivity index (χ1) is 17.5. The Labute approximate surface area is 222 Å². The zero-order chi connectivity index (χ0) is 28.4. The van der Waals surface area contributed by atoms with Crippen molar-refractivity contribution < 1.29 is 28.8 Å². The number of carbonyl (C=O) groups excluding carboxylic acids is 6. The number of nitrogens with one attached hydrogen (secondary N) is 1. The van der Waals surface area contributed by atoms with Crippen LogP contribution in [0, 0.1) is 11.8 Å². The Bertz CT molecular complexity index is 782. The van der Waals surface area contributed by atoms with Crippen LogP contribution in [0.5, 0.6) is 0 Å². The molecule has 0 spiro atoms. The van der Waals surface area contributed by atoms with E-state index >= 15 is 0 Å². The molecule has 0 aliphatic rings. The SMILES string of the molecule is C=C(CCC)CN(C(=O)CCC(=O)[C@H](C)CNC(=O)CCCCCN(C)C(=O)CC(C)C=O)C(C)C=O. The molecule has 0 aromatic heterocycles. The fraction of sp³-hybridized carbons (Fsp3) is 0.714. The highest BCUT2D eigenvalue weighted by molar-refractivity contribution is 5.88. The maximum absolute atomic E-state index is 12.7. The first-order valence-corrected chi connectivity index (χ1v) is 13.4. The largest absolute Gasteiger partial charge is 0.355 e. The topological polar surface area (TPSA) is 121 Å². The number of hydrogen-bond donors (Lipinski definition) is 1. The van der Waals surface area contributed by atoms with Crippen LogP contribution in [0.1, 0.15) is 85.5 Å². The molecule has 37 heavy (non-hydrogen) atoms. The number of amides is 3. The van der Waals surface area contributed by atoms with Gasteiger partial charge in [-0.2, -0.15) is 0 Å². The Morgan fingerprint density at radius 3 is 2.16 bits per heavy atom. The first kappa shape index (κ1) is 34.2. The smallest absolute Gasteiger partial charge is 0.223 e. The van der Waals surface area contributed by atoms with E-state index in [0.29, 0.717) is 32.2 Å². The fourth-order valence-corrected chi connectivity index (χ4v) is 3.71. The summed E-state index contributed by atoms with van der Waals surface area (Å²) in [6.45, 7) is 12.2. The number of carbonyl (C=O) groups is 6. The molecule has 0 saturated heterocycles. The number of Topliss-reactive ketones (excluding diaryl/α,β-unsaturated/α-hetero) is 1. The Hall–Kier alpha value is -2.84. The molecule has 0 aromatic carbocycles. The lowest BCUT2D eigenvalue weighted by Crippen LogP contribution is -2.41. The average Bonchev–Trinajstić information content (AvgIpc) is 2.87. The molecule has 3 atom stereocenters. The maximum atomic E-state index is 12.7. The molecule has 0 saturated carbocycles. The van der Waals surface area contributed by atoms with Gasteiger partial charge >= 0.3 is 0 Å². The standard InChI is InChI=1S/C28H47N3O6/c1-7-11-21(2)18-31(24(5)20-33)27(36)14-13-25(34)23(4)17-29-26(35)12-9-8-10-15-30(6)28(37)16-22(3)19-32/h19-20,22-24H,2,7-18H2,1,3-6H3,(H,29,35)/t22?,23-,24?/m1/s1. The number of rotatable bonds is 21. The minimum Gasteiger partial charge on any atom is -0.355 e. The van der Waals surface area contributed by atoms with Crippen molar-refractivity contribution in [3.05, 3.63) is 12.2 Å². The summed E-state index contributed by atoms with van der Waals surface area (Å²) in [5.74, 6) is -1.28. The van der Waals surface area contributed by atoms with Gasteiger partial charge in [-0.1, -0.05) is 45.8 Å². The molecule has 210 valence electrons. The summed E-state index contributed by atoms with van der Waals surface area (Å²) in [5, 5.41) is 2.78. The Kier molecular flexibility index (Phi) is 17.8. The summed E-state index contributed by atoms with van der Waals surface area (Å²) in [4.78, 5) is 74.2. The minimum absolute atomic E-state index is 0.0136. The van der Waals surface area contributed by atoms with E-state index in [1.807, 2.05) is 6.92 Å². The van der Waals surface area contributed by atoms with Crippen molar-refractivity contribution >= 4 is 36.1 Å². The minimum atomic E-state index is -0.583. The van der Waals surface area contributed by atoms with Crippen molar-refractivity contribution in [3.8, 4) is 0 Å². The van der Waals surface area contributed by atoms with Crippen LogP contribution < -0.4 is 5.32 Å². The van der Waals surface area contributed by atoms with Crippen LogP contribution in [0.4, 0.5) is 0 Å². The second-order valence-corrected chi connectivity index (χ2v) is 10.0. The molecule has 9 heteroatoms. The van der Waals surface area contributed by atoms with E-state index in [4.69, 9.17) is 0 Å². The highest BCUT2D eigenvalue weighted by Crippen LogP contribution is 2.12. The van der Waals surface area contributed by atoms with Gasteiger partial charge in [0.2, 0.25) is 17.7 Å². The van der Waals surface area contributed by atoms with Crippen molar-refractivity contribution in [2.24, 2.45) is 11.8 Å². The second kappa shape index (κ2) is 19.3. The van der Waals surface area contributed by atoms with Crippen LogP contribution in [-0.2, 0) is 28.8 Å². The van der Waals surface area contributed by atoms with E-state index in [0.717, 1.165) is 37.5 Å². The van der Waals surface area contributed by atoms with Crippen LogP contribution in [-0.4, -0.2) is 78.6 Å². The molecule has 2 unspecified atom stereocenters. The van der Waals surface area contributed by atoms with Gasteiger partial charge in [0, 0.05) is 64.2 Å². The molecular formula is C28H47N3O6. The lowest BCUT2D eigenvalue weighted by Gasteiger charge is -2.27. The second-order valence-electron chi connectivity index (χ2n) is 10.0. The Morgan fingerprint density at radius 2 is 1.57 bits per heavy atom. The molecular weight excluding hydrogens is 474 g/mol. The third-order valence-corrected chi connectivity index (χ3v) is 6.30. The van der Waals surface area contributed by atoms with Gasteiger partial charge in [-0.25, -0.2) is 0 Å². The van der Waals surface area contributed by atoms with Crippen molar-refractivity contribution in [2.75, 3.05) is 26.7 Å².